The summed E-state index contributed by atoms with van der Waals surface area (Å²) in [5.41, 5.74) is 6.38. The van der Waals surface area contributed by atoms with E-state index < -0.39 is 17.5 Å². The van der Waals surface area contributed by atoms with Gasteiger partial charge in [-0.1, -0.05) is 6.07 Å². The first-order chi connectivity index (χ1) is 18.6. The normalized spacial score (nSPS) is 23.4. The van der Waals surface area contributed by atoms with E-state index in [0.29, 0.717) is 54.8 Å². The van der Waals surface area contributed by atoms with Crippen molar-refractivity contribution >= 4 is 17.9 Å². The van der Waals surface area contributed by atoms with Crippen LogP contribution in [-0.2, 0) is 9.47 Å². The Bertz CT molecular complexity index is 1250. The van der Waals surface area contributed by atoms with Gasteiger partial charge in [-0.15, -0.1) is 0 Å². The Morgan fingerprint density at radius 1 is 1.31 bits per heavy atom. The van der Waals surface area contributed by atoms with E-state index >= 15 is 0 Å². The quantitative estimate of drug-likeness (QED) is 0.589. The molecule has 3 aliphatic rings. The third-order valence-corrected chi connectivity index (χ3v) is 6.67. The number of halogens is 1. The van der Waals surface area contributed by atoms with Crippen LogP contribution in [0, 0.1) is 34.9 Å². The van der Waals surface area contributed by atoms with E-state index in [1.807, 2.05) is 20.8 Å². The molecule has 0 bridgehead atoms. The van der Waals surface area contributed by atoms with Crippen LogP contribution in [-0.4, -0.2) is 60.0 Å². The highest BCUT2D eigenvalue weighted by molar-refractivity contribution is 5.90. The number of aromatic nitrogens is 1. The van der Waals surface area contributed by atoms with Crippen LogP contribution >= 0.6 is 0 Å². The number of nitrogens with one attached hydrogen (secondary N) is 1. The Hall–Kier alpha value is -4.33. The lowest BCUT2D eigenvalue weighted by molar-refractivity contribution is 0.0269. The van der Waals surface area contributed by atoms with Crippen LogP contribution in [0.1, 0.15) is 20.8 Å². The Morgan fingerprint density at radius 3 is 2.64 bits per heavy atom. The highest BCUT2D eigenvalue weighted by Crippen LogP contribution is 2.51. The lowest BCUT2D eigenvalue weighted by atomic mass is 10.1. The number of amides is 2. The van der Waals surface area contributed by atoms with Crippen LogP contribution in [0.25, 0.3) is 11.1 Å². The number of carbonyl (C=O) groups excluding carboxylic acids is 2. The lowest BCUT2D eigenvalue weighted by Crippen LogP contribution is -2.36. The van der Waals surface area contributed by atoms with Crippen LogP contribution in [0.5, 0.6) is 0 Å². The first-order valence-corrected chi connectivity index (χ1v) is 12.8. The standard InChI is InChI=1S/C17H17FN4O2.C11H16N2O2/c18-16-8-13(3-4-15(16)12-2-1-6-20-9-12)22-11-14(24-17(22)23)10-21-7-5-19;1-11(2,3)15-10(14)13-5-8-7(4-12)9(8)6-13/h1-9,14,21H,10-11,19H2;7-9H,5-6H2,1-3H3/b7-5-;/t;7?,8-,9+. The van der Waals surface area contributed by atoms with Gasteiger partial charge in [-0.2, -0.15) is 5.26 Å². The van der Waals surface area contributed by atoms with Gasteiger partial charge >= 0.3 is 12.2 Å². The number of ether oxygens (including phenoxy) is 2. The van der Waals surface area contributed by atoms with Gasteiger partial charge in [-0.25, -0.2) is 14.0 Å². The van der Waals surface area contributed by atoms with Crippen molar-refractivity contribution in [1.82, 2.24) is 15.2 Å². The van der Waals surface area contributed by atoms with Crippen molar-refractivity contribution < 1.29 is 23.5 Å². The number of hydrogen-bond acceptors (Lipinski definition) is 8. The van der Waals surface area contributed by atoms with Crippen molar-refractivity contribution in [3.8, 4) is 17.2 Å². The topological polar surface area (TPSA) is 134 Å². The van der Waals surface area contributed by atoms with E-state index in [2.05, 4.69) is 16.4 Å². The summed E-state index contributed by atoms with van der Waals surface area (Å²) in [5.74, 6) is 0.578. The van der Waals surface area contributed by atoms with E-state index in [0.717, 1.165) is 0 Å². The van der Waals surface area contributed by atoms with Crippen molar-refractivity contribution in [2.75, 3.05) is 31.1 Å². The Balaban J connectivity index is 0.000000202. The van der Waals surface area contributed by atoms with Crippen molar-refractivity contribution in [2.45, 2.75) is 32.5 Å². The molecule has 3 fully saturated rings. The van der Waals surface area contributed by atoms with Gasteiger partial charge in [0.25, 0.3) is 0 Å². The van der Waals surface area contributed by atoms with Crippen molar-refractivity contribution in [2.24, 2.45) is 23.5 Å². The molecule has 0 spiro atoms. The zero-order valence-corrected chi connectivity index (χ0v) is 22.2. The average molecular weight is 537 g/mol. The van der Waals surface area contributed by atoms with Gasteiger partial charge in [-0.3, -0.25) is 9.88 Å². The number of hydrogen-bond donors (Lipinski definition) is 2. The third-order valence-electron chi connectivity index (χ3n) is 6.67. The molecule has 11 heteroatoms. The number of fused-ring (bicyclic) bond motifs is 1. The molecule has 206 valence electrons. The summed E-state index contributed by atoms with van der Waals surface area (Å²) < 4.78 is 24.9. The zero-order valence-electron chi connectivity index (χ0n) is 22.2. The van der Waals surface area contributed by atoms with E-state index in [4.69, 9.17) is 20.5 Å². The van der Waals surface area contributed by atoms with E-state index in [9.17, 15) is 14.0 Å². The number of rotatable bonds is 5. The lowest BCUT2D eigenvalue weighted by Gasteiger charge is -2.25. The number of likely N-dealkylation sites (tertiary alicyclic amines) is 1. The Morgan fingerprint density at radius 2 is 2.05 bits per heavy atom. The molecule has 10 nitrogen and oxygen atoms in total. The maximum Gasteiger partial charge on any atom is 0.414 e. The number of anilines is 1. The average Bonchev–Trinajstić information content (AvgIpc) is 3.18. The second-order valence-corrected chi connectivity index (χ2v) is 10.7. The number of benzene rings is 1. The molecule has 2 aromatic rings. The molecule has 3 N–H and O–H groups in total. The van der Waals surface area contributed by atoms with Crippen LogP contribution in [0.15, 0.2) is 55.1 Å². The molecule has 1 saturated carbocycles. The number of nitriles is 1. The van der Waals surface area contributed by atoms with E-state index in [1.165, 1.54) is 17.2 Å². The number of nitrogens with two attached hydrogens (primary N) is 1. The monoisotopic (exact) mass is 536 g/mol. The molecular weight excluding hydrogens is 503 g/mol. The SMILES string of the molecule is CC(C)(C)OC(=O)N1C[C@@H]2C(C#N)[C@@H]2C1.N/C=C\NCC1CN(c2ccc(-c3cccnc3)c(F)c2)C(=O)O1. The molecule has 2 saturated heterocycles. The smallest absolute Gasteiger partial charge is 0.414 e. The van der Waals surface area contributed by atoms with Gasteiger partial charge < -0.3 is 25.4 Å². The second-order valence-electron chi connectivity index (χ2n) is 10.7. The van der Waals surface area contributed by atoms with Gasteiger partial charge in [0.2, 0.25) is 0 Å². The first-order valence-electron chi connectivity index (χ1n) is 12.8. The zero-order chi connectivity index (χ0) is 28.2. The number of cyclic esters (lactones) is 1. The molecule has 4 atom stereocenters. The predicted octanol–water partition coefficient (Wildman–Crippen LogP) is 3.86. The summed E-state index contributed by atoms with van der Waals surface area (Å²) in [4.78, 5) is 30.7. The largest absolute Gasteiger partial charge is 0.444 e. The fraction of sp³-hybridized carbons (Fsp3) is 0.429. The van der Waals surface area contributed by atoms with Crippen molar-refractivity contribution in [3.05, 3.63) is 60.9 Å². The fourth-order valence-corrected chi connectivity index (χ4v) is 4.73. The summed E-state index contributed by atoms with van der Waals surface area (Å²) in [6, 6.07) is 10.5. The summed E-state index contributed by atoms with van der Waals surface area (Å²) in [6.07, 6.45) is 5.09. The van der Waals surface area contributed by atoms with Gasteiger partial charge in [-0.05, 0) is 56.9 Å². The number of pyridine rings is 1. The molecule has 1 aromatic carbocycles. The minimum atomic E-state index is -0.493. The second kappa shape index (κ2) is 11.6. The molecule has 1 aliphatic carbocycles. The maximum absolute atomic E-state index is 14.4. The van der Waals surface area contributed by atoms with Gasteiger partial charge in [0.15, 0.2) is 0 Å². The molecular formula is C28H33FN6O4. The molecule has 5 rings (SSSR count). The summed E-state index contributed by atoms with van der Waals surface area (Å²) in [5, 5.41) is 11.7. The van der Waals surface area contributed by atoms with E-state index in [-0.39, 0.29) is 18.1 Å². The summed E-state index contributed by atoms with van der Waals surface area (Å²) in [6.45, 7) is 7.75. The molecule has 2 aliphatic heterocycles. The van der Waals surface area contributed by atoms with Crippen molar-refractivity contribution in [1.29, 1.82) is 5.26 Å². The Kier molecular flexibility index (Phi) is 8.24. The van der Waals surface area contributed by atoms with Gasteiger partial charge in [0.05, 0.1) is 30.8 Å². The van der Waals surface area contributed by atoms with Crippen LogP contribution in [0.4, 0.5) is 19.7 Å². The molecule has 3 heterocycles. The number of nitrogens with zero attached hydrogens (tertiary/aromatic N) is 4. The van der Waals surface area contributed by atoms with Crippen LogP contribution in [0.2, 0.25) is 0 Å². The Labute approximate surface area is 227 Å². The van der Waals surface area contributed by atoms with Gasteiger partial charge in [0.1, 0.15) is 17.5 Å². The molecule has 39 heavy (non-hydrogen) atoms. The highest BCUT2D eigenvalue weighted by atomic mass is 19.1. The number of carbonyl (C=O) groups is 2. The molecule has 2 amide bonds. The van der Waals surface area contributed by atoms with Crippen LogP contribution < -0.4 is 16.0 Å². The first kappa shape index (κ1) is 27.7. The molecule has 2 unspecified atom stereocenters. The minimum Gasteiger partial charge on any atom is -0.444 e. The fourth-order valence-electron chi connectivity index (χ4n) is 4.73. The van der Waals surface area contributed by atoms with E-state index in [1.54, 1.807) is 47.8 Å². The minimum absolute atomic E-state index is 0.184. The molecule has 0 radical (unpaired) electrons. The van der Waals surface area contributed by atoms with Gasteiger partial charge in [0, 0.05) is 49.0 Å². The number of piperidine rings is 1. The molecule has 1 aromatic heterocycles. The summed E-state index contributed by atoms with van der Waals surface area (Å²) in [7, 11) is 0. The highest BCUT2D eigenvalue weighted by Gasteiger charge is 2.57. The predicted molar refractivity (Wildman–Crippen MR) is 142 cm³/mol. The third kappa shape index (κ3) is 6.76. The van der Waals surface area contributed by atoms with Crippen LogP contribution in [0.3, 0.4) is 0 Å². The van der Waals surface area contributed by atoms with Crippen molar-refractivity contribution in [3.63, 3.8) is 0 Å². The maximum atomic E-state index is 14.4. The summed E-state index contributed by atoms with van der Waals surface area (Å²) >= 11 is 0.